The second-order valence-corrected chi connectivity index (χ2v) is 7.60. The molecule has 3 N–H and O–H groups in total. The maximum atomic E-state index is 12.5. The first kappa shape index (κ1) is 19.2. The SMILES string of the molecule is CCOC(=O)c1ccc2c(c1N)C(Cc1nc3ccccc3[nH]1)c1ccccc1CO2. The third kappa shape index (κ3) is 3.40. The van der Waals surface area contributed by atoms with E-state index in [2.05, 4.69) is 17.1 Å². The van der Waals surface area contributed by atoms with Crippen LogP contribution in [0.5, 0.6) is 5.75 Å². The summed E-state index contributed by atoms with van der Waals surface area (Å²) in [6.07, 6.45) is 0.596. The summed E-state index contributed by atoms with van der Waals surface area (Å²) in [6, 6.07) is 19.6. The van der Waals surface area contributed by atoms with Gasteiger partial charge in [-0.3, -0.25) is 0 Å². The number of hydrogen-bond acceptors (Lipinski definition) is 5. The molecule has 0 saturated carbocycles. The van der Waals surface area contributed by atoms with Crippen LogP contribution in [-0.4, -0.2) is 22.5 Å². The van der Waals surface area contributed by atoms with Crippen LogP contribution in [0.1, 0.15) is 45.7 Å². The molecule has 0 saturated heterocycles. The molecule has 5 rings (SSSR count). The number of H-pyrrole nitrogens is 1. The van der Waals surface area contributed by atoms with Crippen molar-refractivity contribution >= 4 is 22.7 Å². The van der Waals surface area contributed by atoms with Crippen LogP contribution in [0.3, 0.4) is 0 Å². The van der Waals surface area contributed by atoms with E-state index in [1.54, 1.807) is 13.0 Å². The lowest BCUT2D eigenvalue weighted by Gasteiger charge is -2.21. The van der Waals surface area contributed by atoms with Gasteiger partial charge in [-0.1, -0.05) is 36.4 Å². The maximum Gasteiger partial charge on any atom is 0.340 e. The second kappa shape index (κ2) is 7.80. The van der Waals surface area contributed by atoms with Crippen molar-refractivity contribution < 1.29 is 14.3 Å². The molecule has 0 fully saturated rings. The van der Waals surface area contributed by atoms with Crippen LogP contribution in [0.2, 0.25) is 0 Å². The molecule has 0 aliphatic carbocycles. The first-order valence-electron chi connectivity index (χ1n) is 10.4. The van der Waals surface area contributed by atoms with Gasteiger partial charge in [-0.2, -0.15) is 0 Å². The van der Waals surface area contributed by atoms with Gasteiger partial charge in [-0.05, 0) is 42.3 Å². The number of nitrogen functional groups attached to an aromatic ring is 1. The number of ether oxygens (including phenoxy) is 2. The molecular formula is C25H23N3O3. The van der Waals surface area contributed by atoms with E-state index in [0.29, 0.717) is 30.0 Å². The highest BCUT2D eigenvalue weighted by atomic mass is 16.5. The molecule has 3 aromatic carbocycles. The van der Waals surface area contributed by atoms with Crippen molar-refractivity contribution in [3.05, 3.63) is 88.7 Å². The Morgan fingerprint density at radius 1 is 1.16 bits per heavy atom. The highest BCUT2D eigenvalue weighted by Crippen LogP contribution is 2.43. The van der Waals surface area contributed by atoms with E-state index in [-0.39, 0.29) is 12.5 Å². The van der Waals surface area contributed by atoms with E-state index < -0.39 is 5.97 Å². The Morgan fingerprint density at radius 3 is 2.81 bits per heavy atom. The van der Waals surface area contributed by atoms with Crippen LogP contribution in [0, 0.1) is 0 Å². The predicted molar refractivity (Wildman–Crippen MR) is 119 cm³/mol. The number of para-hydroxylation sites is 2. The molecule has 6 nitrogen and oxygen atoms in total. The minimum Gasteiger partial charge on any atom is -0.489 e. The van der Waals surface area contributed by atoms with Gasteiger partial charge in [0.2, 0.25) is 0 Å². The van der Waals surface area contributed by atoms with Crippen molar-refractivity contribution in [2.45, 2.75) is 25.9 Å². The van der Waals surface area contributed by atoms with E-state index in [0.717, 1.165) is 33.5 Å². The highest BCUT2D eigenvalue weighted by Gasteiger charge is 2.30. The first-order valence-corrected chi connectivity index (χ1v) is 10.4. The average Bonchev–Trinajstić information content (AvgIpc) is 3.12. The van der Waals surface area contributed by atoms with Crippen molar-refractivity contribution in [1.82, 2.24) is 9.97 Å². The number of imidazole rings is 1. The molecule has 6 heteroatoms. The Hall–Kier alpha value is -3.80. The number of aromatic nitrogens is 2. The molecule has 0 spiro atoms. The molecule has 1 aliphatic rings. The molecular weight excluding hydrogens is 390 g/mol. The summed E-state index contributed by atoms with van der Waals surface area (Å²) in [5.41, 5.74) is 12.3. The van der Waals surface area contributed by atoms with E-state index in [1.807, 2.05) is 42.5 Å². The molecule has 0 amide bonds. The van der Waals surface area contributed by atoms with Gasteiger partial charge in [-0.15, -0.1) is 0 Å². The fourth-order valence-electron chi connectivity index (χ4n) is 4.31. The monoisotopic (exact) mass is 413 g/mol. The van der Waals surface area contributed by atoms with Crippen molar-refractivity contribution in [1.29, 1.82) is 0 Å². The fraction of sp³-hybridized carbons (Fsp3) is 0.200. The molecule has 1 atom stereocenters. The minimum absolute atomic E-state index is 0.122. The third-order valence-electron chi connectivity index (χ3n) is 5.74. The fourth-order valence-corrected chi connectivity index (χ4v) is 4.31. The summed E-state index contributed by atoms with van der Waals surface area (Å²) in [6.45, 7) is 2.51. The number of nitrogens with one attached hydrogen (secondary N) is 1. The van der Waals surface area contributed by atoms with Gasteiger partial charge in [-0.25, -0.2) is 9.78 Å². The largest absolute Gasteiger partial charge is 0.489 e. The third-order valence-corrected chi connectivity index (χ3v) is 5.74. The standard InChI is InChI=1S/C25H23N3O3/c1-2-30-25(29)17-11-12-21-23(24(17)26)18(16-8-4-3-7-15(16)14-31-21)13-22-27-19-9-5-6-10-20(19)28-22/h3-12,18H,2,13-14,26H2,1H3,(H,27,28). The van der Waals surface area contributed by atoms with Gasteiger partial charge in [0.15, 0.2) is 0 Å². The van der Waals surface area contributed by atoms with Gasteiger partial charge in [0, 0.05) is 17.9 Å². The molecule has 31 heavy (non-hydrogen) atoms. The smallest absolute Gasteiger partial charge is 0.340 e. The normalized spacial score (nSPS) is 14.9. The highest BCUT2D eigenvalue weighted by molar-refractivity contribution is 5.96. The molecule has 156 valence electrons. The number of hydrogen-bond donors (Lipinski definition) is 2. The van der Waals surface area contributed by atoms with Crippen LogP contribution >= 0.6 is 0 Å². The summed E-state index contributed by atoms with van der Waals surface area (Å²) in [4.78, 5) is 20.7. The number of carbonyl (C=O) groups excluding carboxylic acids is 1. The van der Waals surface area contributed by atoms with Gasteiger partial charge < -0.3 is 20.2 Å². The quantitative estimate of drug-likeness (QED) is 0.377. The lowest BCUT2D eigenvalue weighted by Crippen LogP contribution is -2.14. The minimum atomic E-state index is -0.428. The summed E-state index contributed by atoms with van der Waals surface area (Å²) in [5.74, 6) is 0.990. The Kier molecular flexibility index (Phi) is 4.82. The number of nitrogens with two attached hydrogens (primary N) is 1. The molecule has 1 aliphatic heterocycles. The van der Waals surface area contributed by atoms with Gasteiger partial charge >= 0.3 is 5.97 Å². The number of aromatic amines is 1. The number of rotatable bonds is 4. The molecule has 0 radical (unpaired) electrons. The van der Waals surface area contributed by atoms with Gasteiger partial charge in [0.1, 0.15) is 18.2 Å². The summed E-state index contributed by atoms with van der Waals surface area (Å²) < 4.78 is 11.3. The van der Waals surface area contributed by atoms with E-state index in [9.17, 15) is 4.79 Å². The lowest BCUT2D eigenvalue weighted by atomic mass is 9.84. The summed E-state index contributed by atoms with van der Waals surface area (Å²) >= 11 is 0. The molecule has 4 aromatic rings. The van der Waals surface area contributed by atoms with E-state index in [1.165, 1.54) is 0 Å². The summed E-state index contributed by atoms with van der Waals surface area (Å²) in [7, 11) is 0. The second-order valence-electron chi connectivity index (χ2n) is 7.60. The van der Waals surface area contributed by atoms with Gasteiger partial charge in [0.05, 0.1) is 28.9 Å². The Bertz CT molecular complexity index is 1250. The maximum absolute atomic E-state index is 12.5. The van der Waals surface area contributed by atoms with Crippen LogP contribution < -0.4 is 10.5 Å². The van der Waals surface area contributed by atoms with Crippen LogP contribution in [0.4, 0.5) is 5.69 Å². The zero-order valence-corrected chi connectivity index (χ0v) is 17.2. The van der Waals surface area contributed by atoms with Crippen molar-refractivity contribution in [3.63, 3.8) is 0 Å². The lowest BCUT2D eigenvalue weighted by molar-refractivity contribution is 0.0527. The Morgan fingerprint density at radius 2 is 1.97 bits per heavy atom. The zero-order chi connectivity index (χ0) is 21.4. The number of fused-ring (bicyclic) bond motifs is 3. The van der Waals surface area contributed by atoms with Crippen molar-refractivity contribution in [2.75, 3.05) is 12.3 Å². The molecule has 1 aromatic heterocycles. The van der Waals surface area contributed by atoms with Gasteiger partial charge in [0.25, 0.3) is 0 Å². The summed E-state index contributed by atoms with van der Waals surface area (Å²) in [5, 5.41) is 0. The molecule has 1 unspecified atom stereocenters. The molecule has 2 heterocycles. The van der Waals surface area contributed by atoms with Crippen molar-refractivity contribution in [3.8, 4) is 5.75 Å². The van der Waals surface area contributed by atoms with E-state index >= 15 is 0 Å². The number of nitrogens with zero attached hydrogens (tertiary/aromatic N) is 1. The van der Waals surface area contributed by atoms with Crippen LogP contribution in [0.25, 0.3) is 11.0 Å². The number of carbonyl (C=O) groups is 1. The van der Waals surface area contributed by atoms with Crippen LogP contribution in [-0.2, 0) is 17.8 Å². The van der Waals surface area contributed by atoms with Crippen molar-refractivity contribution in [2.24, 2.45) is 0 Å². The Balaban J connectivity index is 1.66. The Labute approximate surface area is 180 Å². The van der Waals surface area contributed by atoms with Crippen LogP contribution in [0.15, 0.2) is 60.7 Å². The number of benzene rings is 3. The first-order chi connectivity index (χ1) is 15.2. The van der Waals surface area contributed by atoms with E-state index in [4.69, 9.17) is 20.2 Å². The average molecular weight is 413 g/mol. The number of esters is 1. The molecule has 0 bridgehead atoms. The number of anilines is 1. The topological polar surface area (TPSA) is 90.2 Å². The predicted octanol–water partition coefficient (Wildman–Crippen LogP) is 4.59. The zero-order valence-electron chi connectivity index (χ0n) is 17.2.